The van der Waals surface area contributed by atoms with Crippen LogP contribution < -0.4 is 14.8 Å². The number of nitro groups is 1. The van der Waals surface area contributed by atoms with Crippen LogP contribution in [0.25, 0.3) is 0 Å². The first-order chi connectivity index (χ1) is 9.65. The quantitative estimate of drug-likeness (QED) is 0.660. The van der Waals surface area contributed by atoms with Gasteiger partial charge in [-0.15, -0.1) is 0 Å². The summed E-state index contributed by atoms with van der Waals surface area (Å²) in [6, 6.07) is 6.80. The predicted octanol–water partition coefficient (Wildman–Crippen LogP) is 2.23. The number of para-hydroxylation sites is 2. The van der Waals surface area contributed by atoms with E-state index < -0.39 is 4.92 Å². The minimum atomic E-state index is -0.607. The number of nitrogens with zero attached hydrogens (tertiary/aromatic N) is 3. The zero-order valence-corrected chi connectivity index (χ0v) is 10.9. The third-order valence-corrected chi connectivity index (χ3v) is 2.43. The standard InChI is InChI=1S/C12H12N4O4/c1-13-12-14-7-8(16(17)18)11(15-12)20-10-6-4-3-5-9(10)19-2/h3-7H,1-2H3,(H,13,14,15). The maximum absolute atomic E-state index is 11.0. The first-order valence-corrected chi connectivity index (χ1v) is 5.65. The molecule has 104 valence electrons. The van der Waals surface area contributed by atoms with Gasteiger partial charge in [-0.2, -0.15) is 4.98 Å². The van der Waals surface area contributed by atoms with Crippen LogP contribution >= 0.6 is 0 Å². The van der Waals surface area contributed by atoms with Gasteiger partial charge >= 0.3 is 11.6 Å². The minimum absolute atomic E-state index is 0.154. The highest BCUT2D eigenvalue weighted by Gasteiger charge is 2.20. The summed E-state index contributed by atoms with van der Waals surface area (Å²) >= 11 is 0. The van der Waals surface area contributed by atoms with Crippen molar-refractivity contribution in [3.8, 4) is 17.4 Å². The average Bonchev–Trinajstić information content (AvgIpc) is 2.47. The van der Waals surface area contributed by atoms with Crippen LogP contribution in [0.15, 0.2) is 30.5 Å². The van der Waals surface area contributed by atoms with Crippen molar-refractivity contribution in [2.45, 2.75) is 0 Å². The van der Waals surface area contributed by atoms with Crippen LogP contribution in [0, 0.1) is 10.1 Å². The maximum atomic E-state index is 11.0. The Morgan fingerprint density at radius 1 is 1.30 bits per heavy atom. The summed E-state index contributed by atoms with van der Waals surface area (Å²) < 4.78 is 10.6. The summed E-state index contributed by atoms with van der Waals surface area (Å²) in [5.74, 6) is 0.851. The van der Waals surface area contributed by atoms with Crippen LogP contribution in [-0.2, 0) is 0 Å². The summed E-state index contributed by atoms with van der Waals surface area (Å²) in [5.41, 5.74) is -0.324. The van der Waals surface area contributed by atoms with Gasteiger partial charge in [0, 0.05) is 7.05 Å². The van der Waals surface area contributed by atoms with Crippen molar-refractivity contribution in [1.82, 2.24) is 9.97 Å². The lowest BCUT2D eigenvalue weighted by Gasteiger charge is -2.09. The van der Waals surface area contributed by atoms with E-state index in [1.54, 1.807) is 31.3 Å². The Balaban J connectivity index is 2.43. The molecule has 2 aromatic rings. The van der Waals surface area contributed by atoms with Gasteiger partial charge in [0.05, 0.1) is 12.0 Å². The molecule has 0 amide bonds. The molecule has 20 heavy (non-hydrogen) atoms. The molecule has 0 fully saturated rings. The summed E-state index contributed by atoms with van der Waals surface area (Å²) in [6.07, 6.45) is 1.09. The molecule has 1 heterocycles. The second-order valence-corrected chi connectivity index (χ2v) is 3.64. The molecule has 2 rings (SSSR count). The molecular weight excluding hydrogens is 264 g/mol. The lowest BCUT2D eigenvalue weighted by molar-refractivity contribution is -0.386. The highest BCUT2D eigenvalue weighted by molar-refractivity contribution is 5.48. The van der Waals surface area contributed by atoms with E-state index in [-0.39, 0.29) is 17.5 Å². The second kappa shape index (κ2) is 5.83. The van der Waals surface area contributed by atoms with Crippen LogP contribution in [-0.4, -0.2) is 29.0 Å². The van der Waals surface area contributed by atoms with Gasteiger partial charge in [0.1, 0.15) is 6.20 Å². The lowest BCUT2D eigenvalue weighted by atomic mass is 10.3. The topological polar surface area (TPSA) is 99.4 Å². The molecule has 8 nitrogen and oxygen atoms in total. The van der Waals surface area contributed by atoms with Crippen molar-refractivity contribution in [2.75, 3.05) is 19.5 Å². The summed E-state index contributed by atoms with van der Waals surface area (Å²) in [7, 11) is 3.09. The SMILES string of the molecule is CNc1ncc([N+](=O)[O-])c(Oc2ccccc2OC)n1. The fourth-order valence-corrected chi connectivity index (χ4v) is 1.49. The minimum Gasteiger partial charge on any atom is -0.493 e. The lowest BCUT2D eigenvalue weighted by Crippen LogP contribution is -2.02. The van der Waals surface area contributed by atoms with Gasteiger partial charge in [-0.05, 0) is 12.1 Å². The van der Waals surface area contributed by atoms with Crippen molar-refractivity contribution < 1.29 is 14.4 Å². The summed E-state index contributed by atoms with van der Waals surface area (Å²) in [5, 5.41) is 13.7. The Labute approximate surface area is 114 Å². The predicted molar refractivity (Wildman–Crippen MR) is 71.3 cm³/mol. The number of rotatable bonds is 5. The van der Waals surface area contributed by atoms with Gasteiger partial charge in [0.2, 0.25) is 5.95 Å². The molecule has 0 unspecified atom stereocenters. The molecule has 0 aliphatic heterocycles. The van der Waals surface area contributed by atoms with Crippen LogP contribution in [0.4, 0.5) is 11.6 Å². The Kier molecular flexibility index (Phi) is 3.94. The number of hydrogen-bond acceptors (Lipinski definition) is 7. The molecule has 0 aliphatic rings. The van der Waals surface area contributed by atoms with E-state index >= 15 is 0 Å². The molecule has 1 aromatic heterocycles. The molecule has 0 atom stereocenters. The monoisotopic (exact) mass is 276 g/mol. The van der Waals surface area contributed by atoms with Crippen molar-refractivity contribution in [3.05, 3.63) is 40.6 Å². The van der Waals surface area contributed by atoms with Gasteiger partial charge in [0.15, 0.2) is 11.5 Å². The first-order valence-electron chi connectivity index (χ1n) is 5.65. The molecule has 0 radical (unpaired) electrons. The number of ether oxygens (including phenoxy) is 2. The van der Waals surface area contributed by atoms with Crippen LogP contribution in [0.5, 0.6) is 17.4 Å². The number of methoxy groups -OCH3 is 1. The highest BCUT2D eigenvalue weighted by Crippen LogP contribution is 2.34. The van der Waals surface area contributed by atoms with Crippen molar-refractivity contribution >= 4 is 11.6 Å². The van der Waals surface area contributed by atoms with Gasteiger partial charge in [-0.25, -0.2) is 4.98 Å². The molecule has 1 aromatic carbocycles. The second-order valence-electron chi connectivity index (χ2n) is 3.64. The van der Waals surface area contributed by atoms with Gasteiger partial charge in [-0.3, -0.25) is 10.1 Å². The summed E-state index contributed by atoms with van der Waals surface area (Å²) in [6.45, 7) is 0. The van der Waals surface area contributed by atoms with E-state index in [1.807, 2.05) is 0 Å². The normalized spacial score (nSPS) is 9.90. The number of nitrogens with one attached hydrogen (secondary N) is 1. The van der Waals surface area contributed by atoms with E-state index in [2.05, 4.69) is 15.3 Å². The van der Waals surface area contributed by atoms with Gasteiger partial charge < -0.3 is 14.8 Å². The zero-order valence-electron chi connectivity index (χ0n) is 10.9. The largest absolute Gasteiger partial charge is 0.493 e. The Hall–Kier alpha value is -2.90. The number of benzene rings is 1. The molecule has 1 N–H and O–H groups in total. The molecular formula is C12H12N4O4. The smallest absolute Gasteiger partial charge is 0.349 e. The molecule has 0 bridgehead atoms. The number of hydrogen-bond donors (Lipinski definition) is 1. The number of aromatic nitrogens is 2. The van der Waals surface area contributed by atoms with Crippen molar-refractivity contribution in [1.29, 1.82) is 0 Å². The van der Waals surface area contributed by atoms with Gasteiger partial charge in [0.25, 0.3) is 0 Å². The Bertz CT molecular complexity index is 633. The molecule has 0 spiro atoms. The summed E-state index contributed by atoms with van der Waals surface area (Å²) in [4.78, 5) is 18.1. The van der Waals surface area contributed by atoms with Crippen LogP contribution in [0.3, 0.4) is 0 Å². The highest BCUT2D eigenvalue weighted by atomic mass is 16.6. The maximum Gasteiger partial charge on any atom is 0.349 e. The average molecular weight is 276 g/mol. The Morgan fingerprint density at radius 3 is 2.60 bits per heavy atom. The zero-order chi connectivity index (χ0) is 14.5. The van der Waals surface area contributed by atoms with Gasteiger partial charge in [-0.1, -0.05) is 12.1 Å². The molecule has 0 aliphatic carbocycles. The number of anilines is 1. The molecule has 0 saturated heterocycles. The first kappa shape index (κ1) is 13.5. The van der Waals surface area contributed by atoms with E-state index in [9.17, 15) is 10.1 Å². The van der Waals surface area contributed by atoms with E-state index in [0.717, 1.165) is 6.20 Å². The van der Waals surface area contributed by atoms with E-state index in [1.165, 1.54) is 7.11 Å². The molecule has 8 heteroatoms. The van der Waals surface area contributed by atoms with E-state index in [0.29, 0.717) is 11.5 Å². The van der Waals surface area contributed by atoms with Crippen LogP contribution in [0.2, 0.25) is 0 Å². The Morgan fingerprint density at radius 2 is 2.00 bits per heavy atom. The van der Waals surface area contributed by atoms with Crippen molar-refractivity contribution in [3.63, 3.8) is 0 Å². The third-order valence-electron chi connectivity index (χ3n) is 2.43. The van der Waals surface area contributed by atoms with Crippen LogP contribution in [0.1, 0.15) is 0 Å². The fourth-order valence-electron chi connectivity index (χ4n) is 1.49. The fraction of sp³-hybridized carbons (Fsp3) is 0.167. The third kappa shape index (κ3) is 2.74. The van der Waals surface area contributed by atoms with E-state index in [4.69, 9.17) is 9.47 Å². The molecule has 0 saturated carbocycles. The van der Waals surface area contributed by atoms with Crippen molar-refractivity contribution in [2.24, 2.45) is 0 Å².